The predicted molar refractivity (Wildman–Crippen MR) is 95.5 cm³/mol. The molecule has 24 heavy (non-hydrogen) atoms. The lowest BCUT2D eigenvalue weighted by Crippen LogP contribution is -2.34. The summed E-state index contributed by atoms with van der Waals surface area (Å²) in [6, 6.07) is 2.22. The molecule has 0 bridgehead atoms. The number of nitrogens with zero attached hydrogens (tertiary/aromatic N) is 3. The van der Waals surface area contributed by atoms with Crippen molar-refractivity contribution in [1.82, 2.24) is 19.9 Å². The second kappa shape index (κ2) is 6.40. The molecule has 3 aromatic heterocycles. The molecule has 1 aliphatic heterocycles. The van der Waals surface area contributed by atoms with E-state index in [2.05, 4.69) is 25.2 Å². The molecule has 3 aromatic rings. The fourth-order valence-electron chi connectivity index (χ4n) is 3.54. The second-order valence-corrected chi connectivity index (χ2v) is 7.30. The highest BCUT2D eigenvalue weighted by molar-refractivity contribution is 7.18. The highest BCUT2D eigenvalue weighted by atomic mass is 32.1. The van der Waals surface area contributed by atoms with E-state index < -0.39 is 6.10 Å². The average Bonchev–Trinajstić information content (AvgIpc) is 3.19. The van der Waals surface area contributed by atoms with Gasteiger partial charge in [-0.25, -0.2) is 4.98 Å². The number of aromatic nitrogens is 3. The monoisotopic (exact) mass is 346 g/mol. The van der Waals surface area contributed by atoms with Gasteiger partial charge in [-0.3, -0.25) is 4.98 Å². The summed E-state index contributed by atoms with van der Waals surface area (Å²) in [5.74, 6) is 0.702. The van der Waals surface area contributed by atoms with Crippen LogP contribution in [0.2, 0.25) is 0 Å². The Morgan fingerprint density at radius 1 is 1.46 bits per heavy atom. The van der Waals surface area contributed by atoms with Crippen molar-refractivity contribution in [1.29, 1.82) is 0 Å². The Bertz CT molecular complexity index is 849. The van der Waals surface area contributed by atoms with E-state index in [1.54, 1.807) is 24.5 Å². The lowest BCUT2D eigenvalue weighted by atomic mass is 10.0. The molecule has 0 radical (unpaired) electrons. The van der Waals surface area contributed by atoms with Crippen LogP contribution in [0.3, 0.4) is 0 Å². The quantitative estimate of drug-likeness (QED) is 0.760. The second-order valence-electron chi connectivity index (χ2n) is 6.39. The molecule has 1 saturated heterocycles. The van der Waals surface area contributed by atoms with Gasteiger partial charge in [0.15, 0.2) is 0 Å². The molecule has 6 nitrogen and oxygen atoms in total. The smallest absolute Gasteiger partial charge is 0.139 e. The first-order chi connectivity index (χ1) is 11.7. The van der Waals surface area contributed by atoms with Crippen molar-refractivity contribution in [3.05, 3.63) is 23.5 Å². The molecule has 128 valence electrons. The molecule has 1 unspecified atom stereocenters. The molecule has 0 aromatic carbocycles. The standard InChI is InChI=1S/C17H22N4O2S/c1-10(22)17-20-14-8-19-13-5-6-24-16(13)15(14)21(17)11-3-4-12(7-18-2)23-9-11/h5-6,8,10-12,18,22H,3-4,7,9H2,1-2H3/t10-,11?,12-/m1/s1. The highest BCUT2D eigenvalue weighted by Gasteiger charge is 2.28. The molecule has 7 heteroatoms. The van der Waals surface area contributed by atoms with Crippen molar-refractivity contribution in [3.63, 3.8) is 0 Å². The van der Waals surface area contributed by atoms with E-state index in [4.69, 9.17) is 4.74 Å². The lowest BCUT2D eigenvalue weighted by Gasteiger charge is -2.31. The number of aliphatic hydroxyl groups is 1. The highest BCUT2D eigenvalue weighted by Crippen LogP contribution is 2.35. The van der Waals surface area contributed by atoms with Crippen LogP contribution in [0.1, 0.15) is 37.7 Å². The maximum absolute atomic E-state index is 10.2. The summed E-state index contributed by atoms with van der Waals surface area (Å²) in [5.41, 5.74) is 2.90. The first-order valence-corrected chi connectivity index (χ1v) is 9.25. The van der Waals surface area contributed by atoms with Crippen LogP contribution in [-0.2, 0) is 4.74 Å². The average molecular weight is 346 g/mol. The number of nitrogens with one attached hydrogen (secondary N) is 1. The topological polar surface area (TPSA) is 72.2 Å². The van der Waals surface area contributed by atoms with Gasteiger partial charge in [-0.1, -0.05) is 0 Å². The van der Waals surface area contributed by atoms with Crippen molar-refractivity contribution < 1.29 is 9.84 Å². The van der Waals surface area contributed by atoms with Gasteiger partial charge in [0.05, 0.1) is 40.7 Å². The van der Waals surface area contributed by atoms with Crippen LogP contribution >= 0.6 is 11.3 Å². The molecule has 3 atom stereocenters. The van der Waals surface area contributed by atoms with Crippen LogP contribution < -0.4 is 5.32 Å². The number of hydrogen-bond acceptors (Lipinski definition) is 6. The number of likely N-dealkylation sites (N-methyl/N-ethyl adjacent to an activating group) is 1. The Hall–Kier alpha value is -1.54. The largest absolute Gasteiger partial charge is 0.385 e. The maximum Gasteiger partial charge on any atom is 0.139 e. The zero-order chi connectivity index (χ0) is 16.7. The van der Waals surface area contributed by atoms with Gasteiger partial charge < -0.3 is 19.7 Å². The number of thiophene rings is 1. The van der Waals surface area contributed by atoms with E-state index in [9.17, 15) is 5.11 Å². The lowest BCUT2D eigenvalue weighted by molar-refractivity contribution is -0.0104. The number of rotatable bonds is 4. The Kier molecular flexibility index (Phi) is 4.26. The number of imidazole rings is 1. The van der Waals surface area contributed by atoms with Crippen LogP contribution in [0.5, 0.6) is 0 Å². The summed E-state index contributed by atoms with van der Waals surface area (Å²) in [6.07, 6.45) is 3.47. The minimum Gasteiger partial charge on any atom is -0.385 e. The van der Waals surface area contributed by atoms with Crippen LogP contribution in [0, 0.1) is 0 Å². The molecule has 4 heterocycles. The zero-order valence-electron chi connectivity index (χ0n) is 13.9. The molecule has 1 aliphatic rings. The van der Waals surface area contributed by atoms with Gasteiger partial charge >= 0.3 is 0 Å². The number of fused-ring (bicyclic) bond motifs is 3. The summed E-state index contributed by atoms with van der Waals surface area (Å²) in [6.45, 7) is 3.29. The molecular weight excluding hydrogens is 324 g/mol. The summed E-state index contributed by atoms with van der Waals surface area (Å²) in [5, 5.41) is 15.5. The molecule has 0 spiro atoms. The van der Waals surface area contributed by atoms with Crippen LogP contribution in [0.15, 0.2) is 17.6 Å². The van der Waals surface area contributed by atoms with Gasteiger partial charge in [-0.05, 0) is 38.3 Å². The van der Waals surface area contributed by atoms with E-state index in [0.29, 0.717) is 12.4 Å². The van der Waals surface area contributed by atoms with Gasteiger partial charge in [-0.15, -0.1) is 11.3 Å². The van der Waals surface area contributed by atoms with E-state index in [0.717, 1.165) is 40.6 Å². The summed E-state index contributed by atoms with van der Waals surface area (Å²) in [7, 11) is 1.95. The molecular formula is C17H22N4O2S. The Morgan fingerprint density at radius 3 is 3.04 bits per heavy atom. The minimum atomic E-state index is -0.623. The number of aliphatic hydroxyl groups excluding tert-OH is 1. The molecule has 0 aliphatic carbocycles. The fourth-order valence-corrected chi connectivity index (χ4v) is 4.43. The SMILES string of the molecule is CNC[C@H]1CCC(n2c([C@@H](C)O)nc3cnc4ccsc4c32)CO1. The zero-order valence-corrected chi connectivity index (χ0v) is 14.7. The number of pyridine rings is 1. The Morgan fingerprint density at radius 2 is 2.33 bits per heavy atom. The third-order valence-corrected chi connectivity index (χ3v) is 5.58. The van der Waals surface area contributed by atoms with E-state index in [1.165, 1.54) is 0 Å². The van der Waals surface area contributed by atoms with Crippen LogP contribution in [0.25, 0.3) is 21.3 Å². The number of ether oxygens (including phenoxy) is 1. The number of hydrogen-bond donors (Lipinski definition) is 2. The summed E-state index contributed by atoms with van der Waals surface area (Å²) < 4.78 is 9.35. The normalized spacial score (nSPS) is 23.1. The molecule has 0 saturated carbocycles. The molecule has 0 amide bonds. The minimum absolute atomic E-state index is 0.195. The van der Waals surface area contributed by atoms with Gasteiger partial charge in [0.2, 0.25) is 0 Å². The van der Waals surface area contributed by atoms with Gasteiger partial charge in [0.25, 0.3) is 0 Å². The molecule has 2 N–H and O–H groups in total. The predicted octanol–water partition coefficient (Wildman–Crippen LogP) is 2.64. The van der Waals surface area contributed by atoms with E-state index >= 15 is 0 Å². The van der Waals surface area contributed by atoms with Crippen LogP contribution in [-0.4, -0.2) is 45.9 Å². The van der Waals surface area contributed by atoms with Crippen molar-refractivity contribution in [2.75, 3.05) is 20.2 Å². The van der Waals surface area contributed by atoms with Gasteiger partial charge in [0.1, 0.15) is 17.4 Å². The Labute approximate surface area is 144 Å². The third kappa shape index (κ3) is 2.61. The van der Waals surface area contributed by atoms with Crippen molar-refractivity contribution in [3.8, 4) is 0 Å². The maximum atomic E-state index is 10.2. The fraction of sp³-hybridized carbons (Fsp3) is 0.529. The van der Waals surface area contributed by atoms with Crippen molar-refractivity contribution in [2.24, 2.45) is 0 Å². The van der Waals surface area contributed by atoms with Crippen molar-refractivity contribution in [2.45, 2.75) is 38.0 Å². The Balaban J connectivity index is 1.81. The van der Waals surface area contributed by atoms with Gasteiger partial charge in [-0.2, -0.15) is 0 Å². The molecule has 1 fully saturated rings. The first kappa shape index (κ1) is 16.0. The summed E-state index contributed by atoms with van der Waals surface area (Å²) in [4.78, 5) is 9.14. The van der Waals surface area contributed by atoms with Crippen LogP contribution in [0.4, 0.5) is 0 Å². The van der Waals surface area contributed by atoms with E-state index in [1.807, 2.05) is 13.1 Å². The summed E-state index contributed by atoms with van der Waals surface area (Å²) >= 11 is 1.67. The van der Waals surface area contributed by atoms with E-state index in [-0.39, 0.29) is 12.1 Å². The van der Waals surface area contributed by atoms with Crippen molar-refractivity contribution >= 4 is 32.6 Å². The molecule has 4 rings (SSSR count). The first-order valence-electron chi connectivity index (χ1n) is 8.37. The third-order valence-electron chi connectivity index (χ3n) is 4.67. The van der Waals surface area contributed by atoms with Gasteiger partial charge in [0, 0.05) is 6.54 Å².